The van der Waals surface area contributed by atoms with Gasteiger partial charge in [0.25, 0.3) is 0 Å². The topological polar surface area (TPSA) is 20.3 Å². The summed E-state index contributed by atoms with van der Waals surface area (Å²) in [6.07, 6.45) is 0. The van der Waals surface area contributed by atoms with Crippen LogP contribution in [0, 0.1) is 6.92 Å². The molecule has 0 spiro atoms. The molecule has 0 fully saturated rings. The van der Waals surface area contributed by atoms with Gasteiger partial charge in [0.2, 0.25) is 0 Å². The van der Waals surface area contributed by atoms with Crippen LogP contribution in [0.3, 0.4) is 0 Å². The molecule has 0 aliphatic carbocycles. The number of Topliss-reactive ketones (excluding diaryl/α,β-unsaturated/α-hetero) is 1. The maximum atomic E-state index is 12.4. The lowest BCUT2D eigenvalue weighted by Gasteiger charge is -2.42. The molecule has 17 heavy (non-hydrogen) atoms. The standard InChI is InChI=1S/C13H15BrClNO/c1-7-5-6-9(15)10-8(2)12(17)13(3,4)16(14)11(7)10/h5-6,8H,1-4H3. The molecule has 0 amide bonds. The van der Waals surface area contributed by atoms with Gasteiger partial charge in [-0.1, -0.05) is 24.6 Å². The zero-order chi connectivity index (χ0) is 13.0. The third-order valence-electron chi connectivity index (χ3n) is 3.48. The first-order valence-corrected chi connectivity index (χ1v) is 6.66. The maximum Gasteiger partial charge on any atom is 0.165 e. The van der Waals surface area contributed by atoms with E-state index in [9.17, 15) is 4.79 Å². The van der Waals surface area contributed by atoms with Crippen LogP contribution in [-0.2, 0) is 4.79 Å². The Morgan fingerprint density at radius 3 is 2.59 bits per heavy atom. The van der Waals surface area contributed by atoms with Gasteiger partial charge in [-0.05, 0) is 32.4 Å². The number of nitrogens with zero attached hydrogens (tertiary/aromatic N) is 1. The molecule has 1 aliphatic rings. The summed E-state index contributed by atoms with van der Waals surface area (Å²) in [5.41, 5.74) is 2.51. The Morgan fingerprint density at radius 2 is 2.00 bits per heavy atom. The van der Waals surface area contributed by atoms with Gasteiger partial charge in [0, 0.05) is 16.5 Å². The van der Waals surface area contributed by atoms with Crippen LogP contribution >= 0.6 is 27.7 Å². The van der Waals surface area contributed by atoms with Crippen LogP contribution in [0.4, 0.5) is 5.69 Å². The van der Waals surface area contributed by atoms with E-state index >= 15 is 0 Å². The van der Waals surface area contributed by atoms with Gasteiger partial charge in [-0.3, -0.25) is 8.72 Å². The Hall–Kier alpha value is -0.540. The Kier molecular flexibility index (Phi) is 3.03. The van der Waals surface area contributed by atoms with Crippen molar-refractivity contribution in [2.75, 3.05) is 3.93 Å². The van der Waals surface area contributed by atoms with Crippen LogP contribution in [0.15, 0.2) is 12.1 Å². The Bertz CT molecular complexity index is 498. The van der Waals surface area contributed by atoms with E-state index in [0.29, 0.717) is 5.02 Å². The molecule has 1 aromatic carbocycles. The summed E-state index contributed by atoms with van der Waals surface area (Å²) in [7, 11) is 0. The minimum absolute atomic E-state index is 0.166. The summed E-state index contributed by atoms with van der Waals surface area (Å²) in [4.78, 5) is 12.4. The molecule has 0 aromatic heterocycles. The van der Waals surface area contributed by atoms with Gasteiger partial charge in [0.15, 0.2) is 5.78 Å². The largest absolute Gasteiger partial charge is 0.296 e. The molecule has 2 rings (SSSR count). The highest BCUT2D eigenvalue weighted by Gasteiger charge is 2.44. The number of anilines is 1. The summed E-state index contributed by atoms with van der Waals surface area (Å²) in [5.74, 6) is 0.00979. The van der Waals surface area contributed by atoms with Gasteiger partial charge in [-0.25, -0.2) is 0 Å². The molecule has 1 atom stereocenters. The monoisotopic (exact) mass is 315 g/mol. The van der Waals surface area contributed by atoms with E-state index in [2.05, 4.69) is 16.1 Å². The number of benzene rings is 1. The molecule has 92 valence electrons. The van der Waals surface area contributed by atoms with Crippen molar-refractivity contribution in [3.05, 3.63) is 28.3 Å². The van der Waals surface area contributed by atoms with Crippen LogP contribution in [0.1, 0.15) is 37.8 Å². The highest BCUT2D eigenvalue weighted by molar-refractivity contribution is 9.10. The van der Waals surface area contributed by atoms with Crippen molar-refractivity contribution in [3.63, 3.8) is 0 Å². The first-order valence-electron chi connectivity index (χ1n) is 5.57. The number of halogens is 2. The lowest BCUT2D eigenvalue weighted by Crippen LogP contribution is -2.50. The Labute approximate surface area is 115 Å². The lowest BCUT2D eigenvalue weighted by atomic mass is 9.79. The normalized spacial score (nSPS) is 22.6. The molecule has 1 unspecified atom stereocenters. The average molecular weight is 317 g/mol. The number of hydrogen-bond acceptors (Lipinski definition) is 2. The minimum Gasteiger partial charge on any atom is -0.296 e. The predicted molar refractivity (Wildman–Crippen MR) is 75.1 cm³/mol. The number of aryl methyl sites for hydroxylation is 1. The van der Waals surface area contributed by atoms with Gasteiger partial charge < -0.3 is 0 Å². The molecule has 1 heterocycles. The third-order valence-corrected chi connectivity index (χ3v) is 5.05. The fraction of sp³-hybridized carbons (Fsp3) is 0.462. The SMILES string of the molecule is Cc1ccc(Cl)c2c1N(Br)C(C)(C)C(=O)C2C. The third kappa shape index (κ3) is 1.71. The quantitative estimate of drug-likeness (QED) is 0.668. The molecule has 1 aromatic rings. The number of hydrogen-bond donors (Lipinski definition) is 0. The van der Waals surface area contributed by atoms with Gasteiger partial charge >= 0.3 is 0 Å². The molecule has 1 aliphatic heterocycles. The molecule has 4 heteroatoms. The van der Waals surface area contributed by atoms with E-state index in [1.165, 1.54) is 0 Å². The number of fused-ring (bicyclic) bond motifs is 1. The Morgan fingerprint density at radius 1 is 1.41 bits per heavy atom. The van der Waals surface area contributed by atoms with Crippen molar-refractivity contribution in [2.45, 2.75) is 39.2 Å². The van der Waals surface area contributed by atoms with E-state index in [1.807, 2.05) is 43.8 Å². The molecule has 0 bridgehead atoms. The summed E-state index contributed by atoms with van der Waals surface area (Å²) in [6.45, 7) is 7.80. The fourth-order valence-electron chi connectivity index (χ4n) is 2.40. The van der Waals surface area contributed by atoms with E-state index < -0.39 is 5.54 Å². The molecule has 0 saturated heterocycles. The van der Waals surface area contributed by atoms with Gasteiger partial charge in [0.05, 0.1) is 21.8 Å². The van der Waals surface area contributed by atoms with E-state index in [1.54, 1.807) is 0 Å². The van der Waals surface area contributed by atoms with Gasteiger partial charge in [-0.15, -0.1) is 0 Å². The molecular weight excluding hydrogens is 302 g/mol. The molecule has 0 N–H and O–H groups in total. The lowest BCUT2D eigenvalue weighted by molar-refractivity contribution is -0.124. The average Bonchev–Trinajstić information content (AvgIpc) is 2.27. The summed E-state index contributed by atoms with van der Waals surface area (Å²) in [5, 5.41) is 0.659. The number of carbonyl (C=O) groups excluding carboxylic acids is 1. The molecule has 0 saturated carbocycles. The molecular formula is C13H15BrClNO. The predicted octanol–water partition coefficient (Wildman–Crippen LogP) is 4.23. The van der Waals surface area contributed by atoms with Gasteiger partial charge in [0.1, 0.15) is 5.54 Å². The van der Waals surface area contributed by atoms with Crippen molar-refractivity contribution in [2.24, 2.45) is 0 Å². The first-order chi connectivity index (χ1) is 7.78. The van der Waals surface area contributed by atoms with Crippen LogP contribution in [0.2, 0.25) is 5.02 Å². The van der Waals surface area contributed by atoms with Crippen molar-refractivity contribution in [3.8, 4) is 0 Å². The van der Waals surface area contributed by atoms with E-state index in [4.69, 9.17) is 11.6 Å². The second kappa shape index (κ2) is 3.99. The van der Waals surface area contributed by atoms with Crippen LogP contribution in [-0.4, -0.2) is 11.3 Å². The van der Waals surface area contributed by atoms with Crippen molar-refractivity contribution < 1.29 is 4.79 Å². The number of ketones is 1. The Balaban J connectivity index is 2.77. The van der Waals surface area contributed by atoms with Crippen LogP contribution in [0.25, 0.3) is 0 Å². The van der Waals surface area contributed by atoms with E-state index in [-0.39, 0.29) is 11.7 Å². The first kappa shape index (κ1) is 12.9. The molecule has 2 nitrogen and oxygen atoms in total. The summed E-state index contributed by atoms with van der Waals surface area (Å²) < 4.78 is 1.86. The van der Waals surface area contributed by atoms with Crippen LogP contribution < -0.4 is 3.93 Å². The highest BCUT2D eigenvalue weighted by Crippen LogP contribution is 2.47. The zero-order valence-corrected chi connectivity index (χ0v) is 12.7. The summed E-state index contributed by atoms with van der Waals surface area (Å²) in [6, 6.07) is 3.84. The van der Waals surface area contributed by atoms with E-state index in [0.717, 1.165) is 16.8 Å². The highest BCUT2D eigenvalue weighted by atomic mass is 79.9. The smallest absolute Gasteiger partial charge is 0.165 e. The number of carbonyl (C=O) groups is 1. The van der Waals surface area contributed by atoms with Crippen molar-refractivity contribution in [1.82, 2.24) is 0 Å². The molecule has 0 radical (unpaired) electrons. The second-order valence-corrected chi connectivity index (χ2v) is 6.17. The van der Waals surface area contributed by atoms with Crippen LogP contribution in [0.5, 0.6) is 0 Å². The zero-order valence-electron chi connectivity index (χ0n) is 10.3. The van der Waals surface area contributed by atoms with Crippen molar-refractivity contribution >= 4 is 39.2 Å². The maximum absolute atomic E-state index is 12.4. The summed E-state index contributed by atoms with van der Waals surface area (Å²) >= 11 is 9.75. The second-order valence-electron chi connectivity index (χ2n) is 5.05. The van der Waals surface area contributed by atoms with Crippen molar-refractivity contribution in [1.29, 1.82) is 0 Å². The van der Waals surface area contributed by atoms with Gasteiger partial charge in [-0.2, -0.15) is 0 Å². The minimum atomic E-state index is -0.554. The number of rotatable bonds is 0. The fourth-order valence-corrected chi connectivity index (χ4v) is 3.36.